The molecule has 2 aliphatic heterocycles. The van der Waals surface area contributed by atoms with E-state index in [1.165, 1.54) is 5.56 Å². The third-order valence-corrected chi connectivity index (χ3v) is 5.93. The highest BCUT2D eigenvalue weighted by molar-refractivity contribution is 5.90. The maximum atomic E-state index is 12.4. The van der Waals surface area contributed by atoms with Gasteiger partial charge in [-0.15, -0.1) is 0 Å². The maximum absolute atomic E-state index is 12.4. The summed E-state index contributed by atoms with van der Waals surface area (Å²) < 4.78 is 5.92. The molecule has 3 amide bonds. The van der Waals surface area contributed by atoms with E-state index in [2.05, 4.69) is 10.3 Å². The minimum Gasteiger partial charge on any atom is -0.487 e. The molecule has 7 nitrogen and oxygen atoms in total. The van der Waals surface area contributed by atoms with Crippen molar-refractivity contribution >= 4 is 17.6 Å². The molecule has 158 valence electrons. The van der Waals surface area contributed by atoms with Gasteiger partial charge in [0.25, 0.3) is 0 Å². The Kier molecular flexibility index (Phi) is 5.88. The molecule has 1 aromatic carbocycles. The van der Waals surface area contributed by atoms with Crippen LogP contribution in [0.15, 0.2) is 48.8 Å². The number of pyridine rings is 1. The first-order valence-electron chi connectivity index (χ1n) is 10.5. The van der Waals surface area contributed by atoms with Crippen LogP contribution in [-0.4, -0.2) is 59.0 Å². The summed E-state index contributed by atoms with van der Waals surface area (Å²) >= 11 is 0. The summed E-state index contributed by atoms with van der Waals surface area (Å²) in [6, 6.07) is 11.3. The lowest BCUT2D eigenvalue weighted by atomic mass is 9.93. The van der Waals surface area contributed by atoms with E-state index in [1.54, 1.807) is 11.1 Å². The minimum atomic E-state index is -0.0954. The number of hydrogen-bond donors (Lipinski definition) is 1. The van der Waals surface area contributed by atoms with Crippen LogP contribution in [0, 0.1) is 5.92 Å². The molecule has 1 atom stereocenters. The number of likely N-dealkylation sites (tertiary alicyclic amines) is 2. The molecule has 3 heterocycles. The monoisotopic (exact) mass is 408 g/mol. The lowest BCUT2D eigenvalue weighted by Crippen LogP contribution is -2.57. The van der Waals surface area contributed by atoms with Crippen molar-refractivity contribution in [2.24, 2.45) is 5.92 Å². The number of urea groups is 1. The zero-order chi connectivity index (χ0) is 21.1. The van der Waals surface area contributed by atoms with Gasteiger partial charge in [-0.05, 0) is 42.3 Å². The molecule has 1 unspecified atom stereocenters. The molecule has 7 heteroatoms. The molecule has 0 radical (unpaired) electrons. The van der Waals surface area contributed by atoms with Gasteiger partial charge in [-0.1, -0.05) is 19.9 Å². The number of amides is 3. The number of nitrogens with zero attached hydrogens (tertiary/aromatic N) is 3. The maximum Gasteiger partial charge on any atom is 0.321 e. The predicted octanol–water partition coefficient (Wildman–Crippen LogP) is 3.35. The average molecular weight is 409 g/mol. The molecule has 2 aliphatic rings. The second-order valence-electron chi connectivity index (χ2n) is 8.14. The number of aromatic nitrogens is 1. The Labute approximate surface area is 177 Å². The van der Waals surface area contributed by atoms with Crippen LogP contribution in [0.1, 0.15) is 31.7 Å². The van der Waals surface area contributed by atoms with Gasteiger partial charge in [-0.3, -0.25) is 9.78 Å². The number of carbonyl (C=O) groups excluding carboxylic acids is 2. The second-order valence-corrected chi connectivity index (χ2v) is 8.14. The van der Waals surface area contributed by atoms with Crippen LogP contribution in [0.2, 0.25) is 0 Å². The summed E-state index contributed by atoms with van der Waals surface area (Å²) in [6.45, 7) is 6.66. The molecule has 1 aromatic heterocycles. The van der Waals surface area contributed by atoms with Crippen LogP contribution < -0.4 is 10.1 Å². The highest BCUT2D eigenvalue weighted by Gasteiger charge is 2.34. The van der Waals surface area contributed by atoms with Crippen molar-refractivity contribution in [1.29, 1.82) is 0 Å². The SMILES string of the molecule is CCC(C)C(=O)N1CC(Oc2ccc(NC(=O)N3CC(c4cccnc4)C3)cc2)C1. The first kappa shape index (κ1) is 20.2. The Morgan fingerprint density at radius 1 is 1.13 bits per heavy atom. The van der Waals surface area contributed by atoms with Gasteiger partial charge in [0.1, 0.15) is 11.9 Å². The van der Waals surface area contributed by atoms with E-state index in [9.17, 15) is 9.59 Å². The highest BCUT2D eigenvalue weighted by Crippen LogP contribution is 2.27. The summed E-state index contributed by atoms with van der Waals surface area (Å²) in [7, 11) is 0. The Morgan fingerprint density at radius 3 is 2.50 bits per heavy atom. The fraction of sp³-hybridized carbons (Fsp3) is 0.435. The van der Waals surface area contributed by atoms with Crippen LogP contribution in [0.3, 0.4) is 0 Å². The van der Waals surface area contributed by atoms with Gasteiger partial charge >= 0.3 is 6.03 Å². The van der Waals surface area contributed by atoms with Crippen molar-refractivity contribution in [2.45, 2.75) is 32.3 Å². The smallest absolute Gasteiger partial charge is 0.321 e. The van der Waals surface area contributed by atoms with E-state index in [0.717, 1.165) is 17.9 Å². The quantitative estimate of drug-likeness (QED) is 0.795. The van der Waals surface area contributed by atoms with E-state index in [1.807, 2.05) is 61.3 Å². The van der Waals surface area contributed by atoms with Crippen molar-refractivity contribution in [3.8, 4) is 5.75 Å². The Morgan fingerprint density at radius 2 is 1.87 bits per heavy atom. The fourth-order valence-electron chi connectivity index (χ4n) is 3.66. The molecule has 0 bridgehead atoms. The first-order chi connectivity index (χ1) is 14.5. The van der Waals surface area contributed by atoms with E-state index in [4.69, 9.17) is 4.74 Å². The number of benzene rings is 1. The molecular weight excluding hydrogens is 380 g/mol. The molecule has 2 saturated heterocycles. The van der Waals surface area contributed by atoms with Gasteiger partial charge in [0, 0.05) is 43.0 Å². The number of nitrogens with one attached hydrogen (secondary N) is 1. The van der Waals surface area contributed by atoms with E-state index >= 15 is 0 Å². The largest absolute Gasteiger partial charge is 0.487 e. The van der Waals surface area contributed by atoms with Gasteiger partial charge in [-0.25, -0.2) is 4.79 Å². The van der Waals surface area contributed by atoms with Crippen LogP contribution in [0.4, 0.5) is 10.5 Å². The van der Waals surface area contributed by atoms with Crippen molar-refractivity contribution in [3.05, 3.63) is 54.4 Å². The second kappa shape index (κ2) is 8.73. The number of rotatable bonds is 6. The van der Waals surface area contributed by atoms with Crippen molar-refractivity contribution < 1.29 is 14.3 Å². The fourth-order valence-corrected chi connectivity index (χ4v) is 3.66. The van der Waals surface area contributed by atoms with Crippen LogP contribution in [0.5, 0.6) is 5.75 Å². The lowest BCUT2D eigenvalue weighted by Gasteiger charge is -2.40. The third kappa shape index (κ3) is 4.40. The zero-order valence-electron chi connectivity index (χ0n) is 17.5. The Hall–Kier alpha value is -3.09. The number of anilines is 1. The molecular formula is C23H28N4O3. The van der Waals surface area contributed by atoms with E-state index in [-0.39, 0.29) is 24.0 Å². The van der Waals surface area contributed by atoms with Crippen molar-refractivity contribution in [1.82, 2.24) is 14.8 Å². The number of ether oxygens (including phenoxy) is 1. The van der Waals surface area contributed by atoms with Crippen LogP contribution in [-0.2, 0) is 4.79 Å². The van der Waals surface area contributed by atoms with E-state index in [0.29, 0.717) is 32.1 Å². The molecule has 0 saturated carbocycles. The molecule has 0 aliphatic carbocycles. The number of carbonyl (C=O) groups is 2. The summed E-state index contributed by atoms with van der Waals surface area (Å²) in [5, 5.41) is 2.93. The number of hydrogen-bond acceptors (Lipinski definition) is 4. The summed E-state index contributed by atoms with van der Waals surface area (Å²) in [5.41, 5.74) is 1.91. The molecule has 2 aromatic rings. The summed E-state index contributed by atoms with van der Waals surface area (Å²) in [5.74, 6) is 1.37. The Bertz CT molecular complexity index is 875. The standard InChI is InChI=1S/C23H28N4O3/c1-3-16(2)22(28)26-14-21(15-26)30-20-8-6-19(7-9-20)25-23(29)27-12-18(13-27)17-5-4-10-24-11-17/h4-11,16,18,21H,3,12-15H2,1-2H3,(H,25,29). The molecule has 1 N–H and O–H groups in total. The molecule has 4 rings (SSSR count). The zero-order valence-corrected chi connectivity index (χ0v) is 17.5. The first-order valence-corrected chi connectivity index (χ1v) is 10.5. The highest BCUT2D eigenvalue weighted by atomic mass is 16.5. The normalized spacial score (nSPS) is 17.7. The minimum absolute atomic E-state index is 0.0314. The molecule has 0 spiro atoms. The molecule has 30 heavy (non-hydrogen) atoms. The van der Waals surface area contributed by atoms with Crippen molar-refractivity contribution in [2.75, 3.05) is 31.5 Å². The molecule has 2 fully saturated rings. The van der Waals surface area contributed by atoms with Crippen molar-refractivity contribution in [3.63, 3.8) is 0 Å². The summed E-state index contributed by atoms with van der Waals surface area (Å²) in [4.78, 5) is 32.3. The Balaban J connectivity index is 1.20. The van der Waals surface area contributed by atoms with Gasteiger partial charge in [0.05, 0.1) is 13.1 Å². The van der Waals surface area contributed by atoms with Gasteiger partial charge in [-0.2, -0.15) is 0 Å². The van der Waals surface area contributed by atoms with Crippen LogP contribution in [0.25, 0.3) is 0 Å². The van der Waals surface area contributed by atoms with E-state index < -0.39 is 0 Å². The average Bonchev–Trinajstić information content (AvgIpc) is 2.70. The van der Waals surface area contributed by atoms with Crippen LogP contribution >= 0.6 is 0 Å². The topological polar surface area (TPSA) is 74.8 Å². The predicted molar refractivity (Wildman–Crippen MR) is 114 cm³/mol. The third-order valence-electron chi connectivity index (χ3n) is 5.93. The lowest BCUT2D eigenvalue weighted by molar-refractivity contribution is -0.144. The van der Waals surface area contributed by atoms with Gasteiger partial charge in [0.15, 0.2) is 0 Å². The summed E-state index contributed by atoms with van der Waals surface area (Å²) in [6.07, 6.45) is 4.51. The van der Waals surface area contributed by atoms with Gasteiger partial charge < -0.3 is 19.9 Å². The van der Waals surface area contributed by atoms with Gasteiger partial charge in [0.2, 0.25) is 5.91 Å².